The second-order valence-corrected chi connectivity index (χ2v) is 6.54. The molecule has 0 spiro atoms. The molecule has 102 valence electrons. The second-order valence-electron chi connectivity index (χ2n) is 5.65. The first-order valence-electron chi connectivity index (χ1n) is 6.69. The number of nitrogens with one attached hydrogen (secondary N) is 1. The van der Waals surface area contributed by atoms with Crippen LogP contribution in [-0.2, 0) is 5.41 Å². The normalized spacial score (nSPS) is 13.5. The van der Waals surface area contributed by atoms with Gasteiger partial charge in [0.25, 0.3) is 0 Å². The third kappa shape index (κ3) is 3.43. The molecule has 0 radical (unpaired) electrons. The van der Waals surface area contributed by atoms with E-state index in [1.807, 2.05) is 5.51 Å². The molecule has 0 saturated carbocycles. The number of aryl methyl sites for hydroxylation is 1. The molecule has 2 aromatic rings. The van der Waals surface area contributed by atoms with Crippen LogP contribution in [0.5, 0.6) is 0 Å². The Hall–Kier alpha value is -1.19. The minimum Gasteiger partial charge on any atom is -0.309 e. The zero-order chi connectivity index (χ0) is 13.9. The van der Waals surface area contributed by atoms with Gasteiger partial charge in [0.15, 0.2) is 0 Å². The van der Waals surface area contributed by atoms with Gasteiger partial charge in [-0.1, -0.05) is 44.2 Å². The molecule has 0 bridgehead atoms. The maximum Gasteiger partial charge on any atom is 0.0798 e. The van der Waals surface area contributed by atoms with Gasteiger partial charge in [-0.2, -0.15) is 0 Å². The van der Waals surface area contributed by atoms with Crippen LogP contribution in [0.3, 0.4) is 0 Å². The molecule has 1 aromatic heterocycles. The van der Waals surface area contributed by atoms with Crippen LogP contribution >= 0.6 is 11.3 Å². The summed E-state index contributed by atoms with van der Waals surface area (Å²) in [5, 5.41) is 3.64. The highest BCUT2D eigenvalue weighted by Gasteiger charge is 2.21. The number of aromatic nitrogens is 1. The zero-order valence-corrected chi connectivity index (χ0v) is 12.9. The Morgan fingerprint density at radius 2 is 1.95 bits per heavy atom. The van der Waals surface area contributed by atoms with Gasteiger partial charge >= 0.3 is 0 Å². The van der Waals surface area contributed by atoms with E-state index in [0.717, 1.165) is 12.2 Å². The molecule has 1 atom stereocenters. The van der Waals surface area contributed by atoms with Crippen molar-refractivity contribution in [3.63, 3.8) is 0 Å². The van der Waals surface area contributed by atoms with E-state index in [0.29, 0.717) is 6.04 Å². The fourth-order valence-electron chi connectivity index (χ4n) is 2.22. The smallest absolute Gasteiger partial charge is 0.0798 e. The summed E-state index contributed by atoms with van der Waals surface area (Å²) in [7, 11) is 0. The van der Waals surface area contributed by atoms with E-state index in [-0.39, 0.29) is 5.41 Å². The fourth-order valence-corrected chi connectivity index (χ4v) is 3.05. The SMILES string of the molecule is Cc1ncsc1C(C)NCC(C)(C)c1ccccc1. The lowest BCUT2D eigenvalue weighted by atomic mass is 9.84. The van der Waals surface area contributed by atoms with E-state index in [4.69, 9.17) is 0 Å². The molecule has 19 heavy (non-hydrogen) atoms. The molecule has 0 fully saturated rings. The molecule has 2 rings (SSSR count). The van der Waals surface area contributed by atoms with Crippen LogP contribution in [0.4, 0.5) is 0 Å². The van der Waals surface area contributed by atoms with E-state index in [9.17, 15) is 0 Å². The lowest BCUT2D eigenvalue weighted by Gasteiger charge is -2.27. The molecule has 0 aliphatic carbocycles. The van der Waals surface area contributed by atoms with E-state index >= 15 is 0 Å². The Morgan fingerprint density at radius 3 is 2.53 bits per heavy atom. The molecular weight excluding hydrogens is 252 g/mol. The third-order valence-corrected chi connectivity index (χ3v) is 4.70. The van der Waals surface area contributed by atoms with Gasteiger partial charge in [0.05, 0.1) is 11.2 Å². The van der Waals surface area contributed by atoms with E-state index in [1.165, 1.54) is 10.4 Å². The lowest BCUT2D eigenvalue weighted by molar-refractivity contribution is 0.437. The van der Waals surface area contributed by atoms with Gasteiger partial charge in [-0.05, 0) is 19.4 Å². The predicted molar refractivity (Wildman–Crippen MR) is 82.7 cm³/mol. The van der Waals surface area contributed by atoms with E-state index in [1.54, 1.807) is 11.3 Å². The van der Waals surface area contributed by atoms with E-state index in [2.05, 4.69) is 68.3 Å². The molecule has 1 heterocycles. The summed E-state index contributed by atoms with van der Waals surface area (Å²) in [5.41, 5.74) is 4.57. The molecule has 2 nitrogen and oxygen atoms in total. The molecule has 0 amide bonds. The van der Waals surface area contributed by atoms with Gasteiger partial charge in [-0.15, -0.1) is 11.3 Å². The topological polar surface area (TPSA) is 24.9 Å². The summed E-state index contributed by atoms with van der Waals surface area (Å²) in [5.74, 6) is 0. The Kier molecular flexibility index (Phi) is 4.38. The first-order chi connectivity index (χ1) is 9.00. The standard InChI is InChI=1S/C16H22N2S/c1-12(15-13(2)18-11-19-15)17-10-16(3,4)14-8-6-5-7-9-14/h5-9,11-12,17H,10H2,1-4H3. The second kappa shape index (κ2) is 5.85. The summed E-state index contributed by atoms with van der Waals surface area (Å²) in [6, 6.07) is 11.0. The maximum atomic E-state index is 4.32. The zero-order valence-electron chi connectivity index (χ0n) is 12.1. The van der Waals surface area contributed by atoms with Crippen LogP contribution < -0.4 is 5.32 Å². The minimum atomic E-state index is 0.133. The van der Waals surface area contributed by atoms with Crippen molar-refractivity contribution in [3.8, 4) is 0 Å². The number of nitrogens with zero attached hydrogens (tertiary/aromatic N) is 1. The molecule has 1 aromatic carbocycles. The highest BCUT2D eigenvalue weighted by Crippen LogP contribution is 2.25. The number of hydrogen-bond donors (Lipinski definition) is 1. The number of benzene rings is 1. The third-order valence-electron chi connectivity index (χ3n) is 3.58. The predicted octanol–water partition coefficient (Wildman–Crippen LogP) is 4.08. The lowest BCUT2D eigenvalue weighted by Crippen LogP contribution is -2.34. The molecule has 0 aliphatic rings. The van der Waals surface area contributed by atoms with Gasteiger partial charge < -0.3 is 5.32 Å². The first-order valence-corrected chi connectivity index (χ1v) is 7.57. The van der Waals surface area contributed by atoms with Crippen molar-refractivity contribution in [3.05, 3.63) is 52.0 Å². The number of hydrogen-bond acceptors (Lipinski definition) is 3. The van der Waals surface area contributed by atoms with Gasteiger partial charge in [0.2, 0.25) is 0 Å². The summed E-state index contributed by atoms with van der Waals surface area (Å²) < 4.78 is 0. The maximum absolute atomic E-state index is 4.32. The van der Waals surface area contributed by atoms with Crippen LogP contribution in [0, 0.1) is 6.92 Å². The Morgan fingerprint density at radius 1 is 1.26 bits per heavy atom. The van der Waals surface area contributed by atoms with Crippen LogP contribution in [-0.4, -0.2) is 11.5 Å². The minimum absolute atomic E-state index is 0.133. The first kappa shape index (κ1) is 14.2. The van der Waals surface area contributed by atoms with Crippen molar-refractivity contribution >= 4 is 11.3 Å². The molecule has 0 aliphatic heterocycles. The highest BCUT2D eigenvalue weighted by molar-refractivity contribution is 7.09. The largest absolute Gasteiger partial charge is 0.309 e. The summed E-state index contributed by atoms with van der Waals surface area (Å²) >= 11 is 1.73. The van der Waals surface area contributed by atoms with Crippen molar-refractivity contribution in [2.24, 2.45) is 0 Å². The van der Waals surface area contributed by atoms with Crippen molar-refractivity contribution in [1.29, 1.82) is 0 Å². The van der Waals surface area contributed by atoms with Crippen LogP contribution in [0.1, 0.15) is 42.9 Å². The molecule has 0 saturated heterocycles. The average molecular weight is 274 g/mol. The Labute approximate surface area is 119 Å². The Balaban J connectivity index is 2.00. The summed E-state index contributed by atoms with van der Waals surface area (Å²) in [4.78, 5) is 5.66. The average Bonchev–Trinajstić information content (AvgIpc) is 2.83. The fraction of sp³-hybridized carbons (Fsp3) is 0.438. The van der Waals surface area contributed by atoms with Gasteiger partial charge in [-0.3, -0.25) is 0 Å². The Bertz CT molecular complexity index is 517. The van der Waals surface area contributed by atoms with Crippen LogP contribution in [0.2, 0.25) is 0 Å². The van der Waals surface area contributed by atoms with Gasteiger partial charge in [0.1, 0.15) is 0 Å². The number of rotatable bonds is 5. The van der Waals surface area contributed by atoms with Crippen molar-refractivity contribution in [1.82, 2.24) is 10.3 Å². The molecular formula is C16H22N2S. The van der Waals surface area contributed by atoms with Crippen molar-refractivity contribution in [2.75, 3.05) is 6.54 Å². The van der Waals surface area contributed by atoms with Crippen LogP contribution in [0.15, 0.2) is 35.8 Å². The summed E-state index contributed by atoms with van der Waals surface area (Å²) in [6.07, 6.45) is 0. The molecule has 1 unspecified atom stereocenters. The monoisotopic (exact) mass is 274 g/mol. The van der Waals surface area contributed by atoms with Crippen molar-refractivity contribution < 1.29 is 0 Å². The quantitative estimate of drug-likeness (QED) is 0.888. The highest BCUT2D eigenvalue weighted by atomic mass is 32.1. The van der Waals surface area contributed by atoms with Gasteiger partial charge in [-0.25, -0.2) is 4.98 Å². The molecule has 1 N–H and O–H groups in total. The van der Waals surface area contributed by atoms with Gasteiger partial charge in [0, 0.05) is 22.9 Å². The van der Waals surface area contributed by atoms with E-state index < -0.39 is 0 Å². The molecule has 3 heteroatoms. The van der Waals surface area contributed by atoms with Crippen molar-refractivity contribution in [2.45, 2.75) is 39.2 Å². The number of thiazole rings is 1. The summed E-state index contributed by atoms with van der Waals surface area (Å²) in [6.45, 7) is 9.80. The van der Waals surface area contributed by atoms with Crippen LogP contribution in [0.25, 0.3) is 0 Å².